The third kappa shape index (κ3) is 4.24. The van der Waals surface area contributed by atoms with Crippen LogP contribution in [0.3, 0.4) is 0 Å². The quantitative estimate of drug-likeness (QED) is 0.660. The molecule has 11 heteroatoms. The van der Waals surface area contributed by atoms with Crippen molar-refractivity contribution in [2.75, 3.05) is 6.54 Å². The van der Waals surface area contributed by atoms with Gasteiger partial charge in [0.1, 0.15) is 16.5 Å². The molecule has 3 aromatic rings. The SMILES string of the molecule is Cc1nn(C)c2ncc(S(=O)(=O)NCC(N)c3ccc(F)cc3F)cc12.Cl. The molecule has 0 fully saturated rings. The summed E-state index contributed by atoms with van der Waals surface area (Å²) in [5.74, 6) is -1.56. The van der Waals surface area contributed by atoms with Gasteiger partial charge in [-0.2, -0.15) is 5.10 Å². The standard InChI is InChI=1S/C16H17F2N5O2S.ClH/c1-9-13-6-11(7-20-16(13)23(2)22-9)26(24,25)21-8-15(19)12-4-3-10(17)5-14(12)18;/h3-7,15,21H,8,19H2,1-2H3;1H. The van der Waals surface area contributed by atoms with Crippen molar-refractivity contribution in [3.05, 3.63) is 53.4 Å². The number of nitrogens with one attached hydrogen (secondary N) is 1. The van der Waals surface area contributed by atoms with Crippen molar-refractivity contribution in [2.45, 2.75) is 17.9 Å². The molecule has 0 saturated heterocycles. The van der Waals surface area contributed by atoms with Gasteiger partial charge in [-0.3, -0.25) is 4.68 Å². The lowest BCUT2D eigenvalue weighted by atomic mass is 10.1. The predicted octanol–water partition coefficient (Wildman–Crippen LogP) is 1.96. The van der Waals surface area contributed by atoms with E-state index < -0.39 is 27.7 Å². The van der Waals surface area contributed by atoms with E-state index in [1.54, 1.807) is 18.7 Å². The van der Waals surface area contributed by atoms with Gasteiger partial charge in [0.05, 0.1) is 5.69 Å². The molecule has 0 aliphatic rings. The van der Waals surface area contributed by atoms with Crippen LogP contribution in [0.4, 0.5) is 8.78 Å². The van der Waals surface area contributed by atoms with Crippen LogP contribution in [-0.4, -0.2) is 29.7 Å². The molecular weight excluding hydrogens is 400 g/mol. The average molecular weight is 418 g/mol. The maximum absolute atomic E-state index is 13.7. The van der Waals surface area contributed by atoms with E-state index in [1.165, 1.54) is 18.3 Å². The number of aryl methyl sites for hydroxylation is 2. The summed E-state index contributed by atoms with van der Waals surface area (Å²) in [6.07, 6.45) is 1.22. The van der Waals surface area contributed by atoms with E-state index in [9.17, 15) is 17.2 Å². The Morgan fingerprint density at radius 1 is 1.30 bits per heavy atom. The zero-order valence-electron chi connectivity index (χ0n) is 14.5. The zero-order chi connectivity index (χ0) is 19.1. The first-order chi connectivity index (χ1) is 12.2. The molecule has 1 aromatic carbocycles. The van der Waals surface area contributed by atoms with Gasteiger partial charge in [-0.1, -0.05) is 6.07 Å². The second-order valence-electron chi connectivity index (χ2n) is 5.88. The molecule has 146 valence electrons. The monoisotopic (exact) mass is 417 g/mol. The maximum Gasteiger partial charge on any atom is 0.242 e. The van der Waals surface area contributed by atoms with Crippen molar-refractivity contribution in [1.29, 1.82) is 0 Å². The average Bonchev–Trinajstić information content (AvgIpc) is 2.87. The highest BCUT2D eigenvalue weighted by Gasteiger charge is 2.20. The van der Waals surface area contributed by atoms with Gasteiger partial charge in [0, 0.05) is 42.8 Å². The van der Waals surface area contributed by atoms with Crippen LogP contribution in [0.15, 0.2) is 35.4 Å². The molecule has 0 bridgehead atoms. The highest BCUT2D eigenvalue weighted by atomic mass is 35.5. The molecule has 2 aromatic heterocycles. The Hall–Kier alpha value is -2.14. The van der Waals surface area contributed by atoms with E-state index >= 15 is 0 Å². The van der Waals surface area contributed by atoms with E-state index in [0.717, 1.165) is 6.07 Å². The number of nitrogens with two attached hydrogens (primary N) is 1. The van der Waals surface area contributed by atoms with Crippen LogP contribution < -0.4 is 10.5 Å². The van der Waals surface area contributed by atoms with Crippen molar-refractivity contribution >= 4 is 33.5 Å². The van der Waals surface area contributed by atoms with Gasteiger partial charge in [0.15, 0.2) is 5.65 Å². The first kappa shape index (κ1) is 21.2. The number of hydrogen-bond donors (Lipinski definition) is 2. The van der Waals surface area contributed by atoms with Crippen molar-refractivity contribution in [1.82, 2.24) is 19.5 Å². The summed E-state index contributed by atoms with van der Waals surface area (Å²) in [5, 5.41) is 4.81. The van der Waals surface area contributed by atoms with Crippen LogP contribution >= 0.6 is 12.4 Å². The van der Waals surface area contributed by atoms with Crippen LogP contribution in [0.5, 0.6) is 0 Å². The summed E-state index contributed by atoms with van der Waals surface area (Å²) in [4.78, 5) is 4.08. The van der Waals surface area contributed by atoms with Crippen molar-refractivity contribution < 1.29 is 17.2 Å². The normalized spacial score (nSPS) is 12.8. The molecule has 0 saturated carbocycles. The number of fused-ring (bicyclic) bond motifs is 1. The first-order valence-corrected chi connectivity index (χ1v) is 9.17. The zero-order valence-corrected chi connectivity index (χ0v) is 16.1. The van der Waals surface area contributed by atoms with E-state index in [-0.39, 0.29) is 29.4 Å². The minimum absolute atomic E-state index is 0. The number of nitrogens with zero attached hydrogens (tertiary/aromatic N) is 3. The topological polar surface area (TPSA) is 103 Å². The number of benzene rings is 1. The van der Waals surface area contributed by atoms with E-state index in [4.69, 9.17) is 5.73 Å². The Bertz CT molecular complexity index is 1090. The summed E-state index contributed by atoms with van der Waals surface area (Å²) in [7, 11) is -2.20. The molecule has 0 aliphatic heterocycles. The summed E-state index contributed by atoms with van der Waals surface area (Å²) < 4.78 is 55.6. The van der Waals surface area contributed by atoms with Crippen LogP contribution in [0.1, 0.15) is 17.3 Å². The Kier molecular flexibility index (Phi) is 6.15. The fourth-order valence-corrected chi connectivity index (χ4v) is 3.66. The molecule has 3 N–H and O–H groups in total. The van der Waals surface area contributed by atoms with Gasteiger partial charge in [-0.25, -0.2) is 26.9 Å². The molecule has 0 amide bonds. The van der Waals surface area contributed by atoms with E-state index in [1.807, 2.05) is 0 Å². The Morgan fingerprint density at radius 3 is 2.67 bits per heavy atom. The molecule has 7 nitrogen and oxygen atoms in total. The van der Waals surface area contributed by atoms with Gasteiger partial charge in [-0.15, -0.1) is 12.4 Å². The van der Waals surface area contributed by atoms with Crippen molar-refractivity contribution in [3.63, 3.8) is 0 Å². The summed E-state index contributed by atoms with van der Waals surface area (Å²) in [6, 6.07) is 3.46. The molecule has 0 spiro atoms. The van der Waals surface area contributed by atoms with Gasteiger partial charge < -0.3 is 5.73 Å². The molecule has 1 atom stereocenters. The second kappa shape index (κ2) is 7.85. The first-order valence-electron chi connectivity index (χ1n) is 7.68. The molecule has 0 aliphatic carbocycles. The molecular formula is C16H18ClF2N5O2S. The van der Waals surface area contributed by atoms with Gasteiger partial charge >= 0.3 is 0 Å². The molecule has 27 heavy (non-hydrogen) atoms. The predicted molar refractivity (Wildman–Crippen MR) is 99.0 cm³/mol. The van der Waals surface area contributed by atoms with Crippen LogP contribution in [-0.2, 0) is 17.1 Å². The minimum Gasteiger partial charge on any atom is -0.323 e. The van der Waals surface area contributed by atoms with Crippen LogP contribution in [0, 0.1) is 18.6 Å². The number of aromatic nitrogens is 3. The van der Waals surface area contributed by atoms with Gasteiger partial charge in [0.2, 0.25) is 10.0 Å². The Labute approximate surface area is 161 Å². The molecule has 1 unspecified atom stereocenters. The van der Waals surface area contributed by atoms with E-state index in [0.29, 0.717) is 22.8 Å². The number of pyridine rings is 1. The highest BCUT2D eigenvalue weighted by molar-refractivity contribution is 7.89. The van der Waals surface area contributed by atoms with Crippen LogP contribution in [0.2, 0.25) is 0 Å². The lowest BCUT2D eigenvalue weighted by Gasteiger charge is -2.14. The number of hydrogen-bond acceptors (Lipinski definition) is 5. The largest absolute Gasteiger partial charge is 0.323 e. The smallest absolute Gasteiger partial charge is 0.242 e. The number of rotatable bonds is 5. The lowest BCUT2D eigenvalue weighted by Crippen LogP contribution is -2.32. The van der Waals surface area contributed by atoms with Gasteiger partial charge in [-0.05, 0) is 19.1 Å². The Morgan fingerprint density at radius 2 is 2.00 bits per heavy atom. The fourth-order valence-electron chi connectivity index (χ4n) is 2.63. The summed E-state index contributed by atoms with van der Waals surface area (Å²) >= 11 is 0. The summed E-state index contributed by atoms with van der Waals surface area (Å²) in [6.45, 7) is 1.50. The van der Waals surface area contributed by atoms with Crippen molar-refractivity contribution in [2.24, 2.45) is 12.8 Å². The van der Waals surface area contributed by atoms with Crippen LogP contribution in [0.25, 0.3) is 11.0 Å². The minimum atomic E-state index is -3.91. The number of halogens is 3. The third-order valence-corrected chi connectivity index (χ3v) is 5.39. The molecule has 2 heterocycles. The second-order valence-corrected chi connectivity index (χ2v) is 7.64. The van der Waals surface area contributed by atoms with E-state index in [2.05, 4.69) is 14.8 Å². The fraction of sp³-hybridized carbons (Fsp3) is 0.250. The summed E-state index contributed by atoms with van der Waals surface area (Å²) in [5.41, 5.74) is 7.06. The third-order valence-electron chi connectivity index (χ3n) is 4.00. The lowest BCUT2D eigenvalue weighted by molar-refractivity contribution is 0.543. The Balaban J connectivity index is 0.00000261. The van der Waals surface area contributed by atoms with Crippen molar-refractivity contribution in [3.8, 4) is 0 Å². The molecule has 0 radical (unpaired) electrons. The highest BCUT2D eigenvalue weighted by Crippen LogP contribution is 2.20. The number of sulfonamides is 1. The molecule has 3 rings (SSSR count). The maximum atomic E-state index is 13.7. The van der Waals surface area contributed by atoms with Gasteiger partial charge in [0.25, 0.3) is 0 Å².